The predicted molar refractivity (Wildman–Crippen MR) is 109 cm³/mol. The molecule has 3 aliphatic heterocycles. The third-order valence-electron chi connectivity index (χ3n) is 5.52. The van der Waals surface area contributed by atoms with E-state index >= 15 is 0 Å². The Bertz CT molecular complexity index is 826. The number of carbonyl (C=O) groups excluding carboxylic acids is 1. The summed E-state index contributed by atoms with van der Waals surface area (Å²) in [4.78, 5) is 23.7. The molecule has 2 atom stereocenters. The third-order valence-corrected chi connectivity index (χ3v) is 5.52. The van der Waals surface area contributed by atoms with E-state index in [1.807, 2.05) is 4.90 Å². The Balaban J connectivity index is 0.00000225. The zero-order chi connectivity index (χ0) is 18.8. The van der Waals surface area contributed by atoms with Crippen LogP contribution < -0.4 is 5.32 Å². The summed E-state index contributed by atoms with van der Waals surface area (Å²) in [6.45, 7) is 4.60. The Morgan fingerprint density at radius 2 is 2.00 bits per heavy atom. The van der Waals surface area contributed by atoms with Crippen LogP contribution in [0.15, 0.2) is 30.6 Å². The van der Waals surface area contributed by atoms with Gasteiger partial charge in [-0.05, 0) is 55.5 Å². The van der Waals surface area contributed by atoms with E-state index in [1.165, 1.54) is 12.1 Å². The SMILES string of the molecule is CCCc1cnc(-c2cc(F)cc(C(=O)N3C[C@@H]4CC[C@H]3CNC4)c2)nc1.Cl. The number of aryl methyl sites for hydroxylation is 1. The van der Waals surface area contributed by atoms with Gasteiger partial charge in [0.15, 0.2) is 5.82 Å². The van der Waals surface area contributed by atoms with Gasteiger partial charge in [-0.2, -0.15) is 0 Å². The standard InChI is InChI=1S/C21H25FN4O.ClH/c1-2-3-14-10-24-20(25-11-14)16-6-17(8-18(22)7-16)21(27)26-13-15-4-5-19(26)12-23-9-15;/h6-8,10-11,15,19,23H,2-5,9,12-13H2,1H3;1H/t15-,19+;/m1./s1. The van der Waals surface area contributed by atoms with Gasteiger partial charge in [0.25, 0.3) is 5.91 Å². The molecule has 0 radical (unpaired) electrons. The number of hydrogen-bond donors (Lipinski definition) is 1. The van der Waals surface area contributed by atoms with Gasteiger partial charge in [0, 0.05) is 42.7 Å². The molecular formula is C21H26ClFN4O. The summed E-state index contributed by atoms with van der Waals surface area (Å²) < 4.78 is 14.3. The number of halogens is 2. The average Bonchev–Trinajstić information content (AvgIpc) is 3.03. The van der Waals surface area contributed by atoms with Crippen molar-refractivity contribution in [3.8, 4) is 11.4 Å². The van der Waals surface area contributed by atoms with Crippen molar-refractivity contribution >= 4 is 18.3 Å². The maximum Gasteiger partial charge on any atom is 0.254 e. The zero-order valence-electron chi connectivity index (χ0n) is 16.0. The molecule has 0 unspecified atom stereocenters. The van der Waals surface area contributed by atoms with Gasteiger partial charge in [-0.1, -0.05) is 13.3 Å². The van der Waals surface area contributed by atoms with Gasteiger partial charge in [-0.3, -0.25) is 4.79 Å². The predicted octanol–water partition coefficient (Wildman–Crippen LogP) is 3.48. The van der Waals surface area contributed by atoms with E-state index in [0.717, 1.165) is 50.9 Å². The molecular weight excluding hydrogens is 379 g/mol. The highest BCUT2D eigenvalue weighted by molar-refractivity contribution is 5.95. The van der Waals surface area contributed by atoms with Crippen LogP contribution in [0.1, 0.15) is 42.1 Å². The van der Waals surface area contributed by atoms with Crippen molar-refractivity contribution in [3.63, 3.8) is 0 Å². The van der Waals surface area contributed by atoms with E-state index in [9.17, 15) is 9.18 Å². The molecule has 4 heterocycles. The Morgan fingerprint density at radius 1 is 1.21 bits per heavy atom. The van der Waals surface area contributed by atoms with Crippen molar-refractivity contribution in [1.29, 1.82) is 0 Å². The topological polar surface area (TPSA) is 58.1 Å². The molecule has 1 aromatic heterocycles. The lowest BCUT2D eigenvalue weighted by Gasteiger charge is -2.36. The first-order valence-corrected chi connectivity index (χ1v) is 9.77. The second-order valence-corrected chi connectivity index (χ2v) is 7.61. The number of nitrogens with one attached hydrogen (secondary N) is 1. The highest BCUT2D eigenvalue weighted by Gasteiger charge is 2.34. The van der Waals surface area contributed by atoms with Crippen LogP contribution in [0.3, 0.4) is 0 Å². The normalized spacial score (nSPS) is 21.1. The van der Waals surface area contributed by atoms with Crippen LogP contribution in [0.5, 0.6) is 0 Å². The number of aromatic nitrogens is 2. The lowest BCUT2D eigenvalue weighted by molar-refractivity contribution is 0.0591. The fourth-order valence-corrected chi connectivity index (χ4v) is 4.11. The first kappa shape index (κ1) is 20.7. The van der Waals surface area contributed by atoms with E-state index in [4.69, 9.17) is 0 Å². The van der Waals surface area contributed by atoms with Crippen LogP contribution in [0.25, 0.3) is 11.4 Å². The summed E-state index contributed by atoms with van der Waals surface area (Å²) >= 11 is 0. The number of nitrogens with zero attached hydrogens (tertiary/aromatic N) is 3. The number of carbonyl (C=O) groups is 1. The molecule has 0 spiro atoms. The van der Waals surface area contributed by atoms with Crippen LogP contribution in [-0.4, -0.2) is 46.5 Å². The van der Waals surface area contributed by atoms with Gasteiger partial charge in [0.1, 0.15) is 5.82 Å². The molecule has 1 aromatic carbocycles. The molecule has 2 aromatic rings. The molecule has 1 N–H and O–H groups in total. The fraction of sp³-hybridized carbons (Fsp3) is 0.476. The summed E-state index contributed by atoms with van der Waals surface area (Å²) in [7, 11) is 0. The molecule has 28 heavy (non-hydrogen) atoms. The summed E-state index contributed by atoms with van der Waals surface area (Å²) in [5.74, 6) is 0.393. The Kier molecular flexibility index (Phi) is 6.62. The molecule has 0 aliphatic carbocycles. The molecule has 5 rings (SSSR count). The monoisotopic (exact) mass is 404 g/mol. The second-order valence-electron chi connectivity index (χ2n) is 7.61. The summed E-state index contributed by atoms with van der Waals surface area (Å²) in [5, 5.41) is 3.42. The maximum absolute atomic E-state index is 14.3. The smallest absolute Gasteiger partial charge is 0.254 e. The van der Waals surface area contributed by atoms with Crippen molar-refractivity contribution in [2.24, 2.45) is 5.92 Å². The highest BCUT2D eigenvalue weighted by atomic mass is 35.5. The van der Waals surface area contributed by atoms with Crippen molar-refractivity contribution in [2.45, 2.75) is 38.6 Å². The van der Waals surface area contributed by atoms with Gasteiger partial charge in [0.05, 0.1) is 0 Å². The molecule has 7 heteroatoms. The van der Waals surface area contributed by atoms with Gasteiger partial charge < -0.3 is 10.2 Å². The molecule has 3 fully saturated rings. The van der Waals surface area contributed by atoms with Gasteiger partial charge >= 0.3 is 0 Å². The lowest BCUT2D eigenvalue weighted by Crippen LogP contribution is -2.47. The number of rotatable bonds is 4. The molecule has 3 saturated heterocycles. The van der Waals surface area contributed by atoms with Gasteiger partial charge in [-0.15, -0.1) is 12.4 Å². The van der Waals surface area contributed by atoms with E-state index in [2.05, 4.69) is 22.2 Å². The van der Waals surface area contributed by atoms with Crippen LogP contribution in [0.4, 0.5) is 4.39 Å². The zero-order valence-corrected chi connectivity index (χ0v) is 16.8. The highest BCUT2D eigenvalue weighted by Crippen LogP contribution is 2.27. The van der Waals surface area contributed by atoms with Crippen LogP contribution in [-0.2, 0) is 6.42 Å². The Hall–Kier alpha value is -2.05. The largest absolute Gasteiger partial charge is 0.334 e. The van der Waals surface area contributed by atoms with E-state index in [-0.39, 0.29) is 24.4 Å². The molecule has 5 nitrogen and oxygen atoms in total. The van der Waals surface area contributed by atoms with Crippen molar-refractivity contribution in [3.05, 3.63) is 47.5 Å². The van der Waals surface area contributed by atoms with E-state index in [1.54, 1.807) is 18.5 Å². The van der Waals surface area contributed by atoms with Crippen LogP contribution >= 0.6 is 12.4 Å². The minimum absolute atomic E-state index is 0. The number of amides is 1. The molecule has 3 aliphatic rings. The minimum Gasteiger partial charge on any atom is -0.334 e. The number of hydrogen-bond acceptors (Lipinski definition) is 4. The van der Waals surface area contributed by atoms with Crippen molar-refractivity contribution in [2.75, 3.05) is 19.6 Å². The Labute approximate surface area is 171 Å². The molecule has 150 valence electrons. The Morgan fingerprint density at radius 3 is 2.75 bits per heavy atom. The summed E-state index contributed by atoms with van der Waals surface area (Å²) in [6, 6.07) is 4.62. The molecule has 0 saturated carbocycles. The maximum atomic E-state index is 14.3. The molecule has 2 bridgehead atoms. The lowest BCUT2D eigenvalue weighted by atomic mass is 9.94. The van der Waals surface area contributed by atoms with Crippen LogP contribution in [0, 0.1) is 11.7 Å². The molecule has 1 amide bonds. The van der Waals surface area contributed by atoms with Gasteiger partial charge in [-0.25, -0.2) is 14.4 Å². The van der Waals surface area contributed by atoms with Crippen LogP contribution in [0.2, 0.25) is 0 Å². The third kappa shape index (κ3) is 4.33. The quantitative estimate of drug-likeness (QED) is 0.847. The van der Waals surface area contributed by atoms with Crippen molar-refractivity contribution < 1.29 is 9.18 Å². The minimum atomic E-state index is -0.435. The summed E-state index contributed by atoms with van der Waals surface area (Å²) in [5.41, 5.74) is 1.97. The fourth-order valence-electron chi connectivity index (χ4n) is 4.11. The second kappa shape index (κ2) is 8.97. The first-order valence-electron chi connectivity index (χ1n) is 9.77. The van der Waals surface area contributed by atoms with Crippen molar-refractivity contribution in [1.82, 2.24) is 20.2 Å². The summed E-state index contributed by atoms with van der Waals surface area (Å²) in [6.07, 6.45) is 7.64. The van der Waals surface area contributed by atoms with Gasteiger partial charge in [0.2, 0.25) is 0 Å². The first-order chi connectivity index (χ1) is 13.1. The average molecular weight is 405 g/mol. The number of fused-ring (bicyclic) bond motifs is 4. The van der Waals surface area contributed by atoms with E-state index < -0.39 is 5.82 Å². The number of piperidine rings is 1. The number of benzene rings is 1. The van der Waals surface area contributed by atoms with E-state index in [0.29, 0.717) is 22.9 Å².